The third kappa shape index (κ3) is 5.02. The summed E-state index contributed by atoms with van der Waals surface area (Å²) in [5.41, 5.74) is 1.38. The lowest BCUT2D eigenvalue weighted by Crippen LogP contribution is -2.21. The van der Waals surface area contributed by atoms with Gasteiger partial charge in [-0.2, -0.15) is 0 Å². The maximum Gasteiger partial charge on any atom is 0.337 e. The average molecular weight is 416 g/mol. The summed E-state index contributed by atoms with van der Waals surface area (Å²) >= 11 is 0. The van der Waals surface area contributed by atoms with Gasteiger partial charge in [0.15, 0.2) is 0 Å². The summed E-state index contributed by atoms with van der Waals surface area (Å²) in [6.45, 7) is 1.46. The normalized spacial score (nSPS) is 10.9. The number of rotatable bonds is 8. The van der Waals surface area contributed by atoms with Crippen molar-refractivity contribution in [2.24, 2.45) is 0 Å². The van der Waals surface area contributed by atoms with Crippen molar-refractivity contribution in [1.29, 1.82) is 0 Å². The van der Waals surface area contributed by atoms with Crippen LogP contribution in [0.1, 0.15) is 0 Å². The third-order valence-electron chi connectivity index (χ3n) is 4.68. The molecule has 4 rings (SSSR count). The van der Waals surface area contributed by atoms with E-state index in [4.69, 9.17) is 9.47 Å². The van der Waals surface area contributed by atoms with E-state index in [1.54, 1.807) is 33.9 Å². The first kappa shape index (κ1) is 20.4. The predicted molar refractivity (Wildman–Crippen MR) is 120 cm³/mol. The first-order valence-electron chi connectivity index (χ1n) is 9.96. The number of nitrogens with zero attached hydrogens (tertiary/aromatic N) is 4. The first-order valence-corrected chi connectivity index (χ1v) is 9.96. The fourth-order valence-corrected chi connectivity index (χ4v) is 3.04. The van der Waals surface area contributed by atoms with E-state index in [9.17, 15) is 4.79 Å². The monoisotopic (exact) mass is 416 g/mol. The van der Waals surface area contributed by atoms with Gasteiger partial charge in [-0.05, 0) is 74.8 Å². The number of likely N-dealkylation sites (N-methyl/N-ethyl adjacent to an activating group) is 1. The fraction of sp³-hybridized carbons (Fsp3) is 0.167. The van der Waals surface area contributed by atoms with Crippen molar-refractivity contribution in [2.75, 3.05) is 27.2 Å². The summed E-state index contributed by atoms with van der Waals surface area (Å²) in [4.78, 5) is 19.0. The van der Waals surface area contributed by atoms with Crippen molar-refractivity contribution < 1.29 is 9.47 Å². The van der Waals surface area contributed by atoms with Crippen molar-refractivity contribution in [3.63, 3.8) is 0 Å². The molecule has 0 saturated carbocycles. The van der Waals surface area contributed by atoms with Crippen LogP contribution in [0.4, 0.5) is 0 Å². The van der Waals surface area contributed by atoms with Gasteiger partial charge in [0, 0.05) is 25.1 Å². The zero-order valence-corrected chi connectivity index (χ0v) is 17.5. The Balaban J connectivity index is 1.47. The van der Waals surface area contributed by atoms with Gasteiger partial charge in [-0.1, -0.05) is 0 Å². The fourth-order valence-electron chi connectivity index (χ4n) is 3.04. The maximum atomic E-state index is 12.9. The summed E-state index contributed by atoms with van der Waals surface area (Å²) in [5.74, 6) is 2.11. The minimum absolute atomic E-state index is 0.151. The SMILES string of the molecule is CN(C)CCOc1ccc(-n2ccn(-c3ccc(Oc4cccnc4)cc3)c2=O)cc1. The number of benzene rings is 2. The quantitative estimate of drug-likeness (QED) is 0.438. The van der Waals surface area contributed by atoms with Crippen LogP contribution >= 0.6 is 0 Å². The molecule has 0 amide bonds. The van der Waals surface area contributed by atoms with E-state index < -0.39 is 0 Å². The lowest BCUT2D eigenvalue weighted by Gasteiger charge is -2.11. The molecular weight excluding hydrogens is 392 g/mol. The van der Waals surface area contributed by atoms with Gasteiger partial charge in [-0.15, -0.1) is 0 Å². The van der Waals surface area contributed by atoms with Crippen molar-refractivity contribution >= 4 is 0 Å². The van der Waals surface area contributed by atoms with Gasteiger partial charge in [0.2, 0.25) is 0 Å². The summed E-state index contributed by atoms with van der Waals surface area (Å²) in [5, 5.41) is 0. The van der Waals surface area contributed by atoms with Gasteiger partial charge in [0.05, 0.1) is 17.6 Å². The van der Waals surface area contributed by atoms with Crippen LogP contribution in [0.15, 0.2) is 90.2 Å². The van der Waals surface area contributed by atoms with E-state index in [1.807, 2.05) is 74.8 Å². The Hall–Kier alpha value is -3.84. The molecule has 0 spiro atoms. The number of hydrogen-bond donors (Lipinski definition) is 0. The van der Waals surface area contributed by atoms with Crippen LogP contribution in [0.2, 0.25) is 0 Å². The van der Waals surface area contributed by atoms with Crippen LogP contribution in [-0.2, 0) is 0 Å². The molecule has 0 aliphatic carbocycles. The highest BCUT2D eigenvalue weighted by Gasteiger charge is 2.08. The summed E-state index contributed by atoms with van der Waals surface area (Å²) in [7, 11) is 4.01. The zero-order valence-electron chi connectivity index (χ0n) is 17.5. The highest BCUT2D eigenvalue weighted by atomic mass is 16.5. The van der Waals surface area contributed by atoms with Crippen LogP contribution < -0.4 is 15.2 Å². The smallest absolute Gasteiger partial charge is 0.337 e. The Bertz CT molecular complexity index is 1160. The summed E-state index contributed by atoms with van der Waals surface area (Å²) in [6, 6.07) is 18.5. The van der Waals surface area contributed by atoms with Crippen LogP contribution in [-0.4, -0.2) is 46.3 Å². The highest BCUT2D eigenvalue weighted by Crippen LogP contribution is 2.21. The second-order valence-corrected chi connectivity index (χ2v) is 7.25. The van der Waals surface area contributed by atoms with E-state index in [0.717, 1.165) is 23.7 Å². The lowest BCUT2D eigenvalue weighted by atomic mass is 10.3. The molecule has 0 radical (unpaired) electrons. The highest BCUT2D eigenvalue weighted by molar-refractivity contribution is 5.41. The van der Waals surface area contributed by atoms with Gasteiger partial charge in [-0.25, -0.2) is 4.79 Å². The number of ether oxygens (including phenoxy) is 2. The van der Waals surface area contributed by atoms with E-state index in [2.05, 4.69) is 9.88 Å². The standard InChI is InChI=1S/C24H24N4O3/c1-26(2)16-17-30-21-9-5-19(6-10-21)27-14-15-28(24(27)29)20-7-11-22(12-8-20)31-23-4-3-13-25-18-23/h3-15,18H,16-17H2,1-2H3. The van der Waals surface area contributed by atoms with E-state index in [-0.39, 0.29) is 5.69 Å². The van der Waals surface area contributed by atoms with Crippen molar-refractivity contribution in [3.8, 4) is 28.6 Å². The average Bonchev–Trinajstić information content (AvgIpc) is 3.16. The molecule has 2 heterocycles. The number of imidazole rings is 1. The van der Waals surface area contributed by atoms with Crippen molar-refractivity contribution in [3.05, 3.63) is 95.9 Å². The Morgan fingerprint density at radius 2 is 1.45 bits per heavy atom. The van der Waals surface area contributed by atoms with Crippen LogP contribution in [0.3, 0.4) is 0 Å². The first-order chi connectivity index (χ1) is 15.1. The second kappa shape index (κ2) is 9.32. The molecule has 31 heavy (non-hydrogen) atoms. The maximum absolute atomic E-state index is 12.9. The van der Waals surface area contributed by atoms with Gasteiger partial charge in [-0.3, -0.25) is 14.1 Å². The van der Waals surface area contributed by atoms with E-state index in [1.165, 1.54) is 0 Å². The van der Waals surface area contributed by atoms with E-state index in [0.29, 0.717) is 18.1 Å². The van der Waals surface area contributed by atoms with Crippen LogP contribution in [0, 0.1) is 0 Å². The van der Waals surface area contributed by atoms with Crippen molar-refractivity contribution in [1.82, 2.24) is 19.0 Å². The van der Waals surface area contributed by atoms with Gasteiger partial charge < -0.3 is 14.4 Å². The molecule has 0 fully saturated rings. The second-order valence-electron chi connectivity index (χ2n) is 7.25. The number of aromatic nitrogens is 3. The van der Waals surface area contributed by atoms with Crippen LogP contribution in [0.5, 0.6) is 17.2 Å². The number of hydrogen-bond acceptors (Lipinski definition) is 5. The molecule has 4 aromatic rings. The number of pyridine rings is 1. The van der Waals surface area contributed by atoms with Crippen molar-refractivity contribution in [2.45, 2.75) is 0 Å². The molecule has 0 saturated heterocycles. The predicted octanol–water partition coefficient (Wildman–Crippen LogP) is 3.76. The molecule has 158 valence electrons. The molecule has 7 nitrogen and oxygen atoms in total. The Morgan fingerprint density at radius 1 is 0.839 bits per heavy atom. The molecule has 0 atom stereocenters. The van der Waals surface area contributed by atoms with Gasteiger partial charge in [0.25, 0.3) is 0 Å². The van der Waals surface area contributed by atoms with Gasteiger partial charge in [0.1, 0.15) is 23.9 Å². The molecule has 0 bridgehead atoms. The summed E-state index contributed by atoms with van der Waals surface area (Å²) in [6.07, 6.45) is 6.85. The molecule has 0 N–H and O–H groups in total. The largest absolute Gasteiger partial charge is 0.492 e. The minimum atomic E-state index is -0.151. The topological polar surface area (TPSA) is 61.5 Å². The molecule has 7 heteroatoms. The Kier molecular flexibility index (Phi) is 6.14. The Morgan fingerprint density at radius 3 is 2.00 bits per heavy atom. The molecule has 2 aromatic carbocycles. The molecule has 2 aromatic heterocycles. The van der Waals surface area contributed by atoms with Gasteiger partial charge >= 0.3 is 5.69 Å². The van der Waals surface area contributed by atoms with E-state index >= 15 is 0 Å². The minimum Gasteiger partial charge on any atom is -0.492 e. The van der Waals surface area contributed by atoms with Crippen LogP contribution in [0.25, 0.3) is 11.4 Å². The molecule has 0 aliphatic rings. The lowest BCUT2D eigenvalue weighted by molar-refractivity contribution is 0.261. The third-order valence-corrected chi connectivity index (χ3v) is 4.68. The Labute approximate surface area is 180 Å². The molecular formula is C24H24N4O3. The molecule has 0 unspecified atom stereocenters. The molecule has 0 aliphatic heterocycles. The summed E-state index contributed by atoms with van der Waals surface area (Å²) < 4.78 is 14.7. The zero-order chi connectivity index (χ0) is 21.6.